The number of primary amides is 1. The molecule has 0 heterocycles. The number of hydrogen-bond donors (Lipinski definition) is 4. The zero-order valence-electron chi connectivity index (χ0n) is 33.3. The van der Waals surface area contributed by atoms with Gasteiger partial charge in [-0.05, 0) is 48.6 Å². The second-order valence-electron chi connectivity index (χ2n) is 11.2. The van der Waals surface area contributed by atoms with Crippen LogP contribution in [-0.4, -0.2) is 206 Å². The monoisotopic (exact) mass is 737 g/mol. The van der Waals surface area contributed by atoms with E-state index in [-0.39, 0.29) is 56.2 Å². The standard InChI is InChI=1S/2C9H19N3O2.C5H13N.2C4H7NO2.CH3NO/c2*1-5-10-8(13)6-12(4)9(14)7-11(2)3;1-4-6-5(2)3;2*1-5(4-7)2-3-6;2-1-3/h2*5-7H2,1-4H3,(H,10,13);5-6H,4H2,1-3H3;2*3-4H,2H2,1H3;1H,(H2,2,3). The zero-order chi connectivity index (χ0) is 41.4. The molecule has 5 N–H and O–H groups in total. The molecule has 0 aliphatic carbocycles. The molecule has 0 rings (SSSR count). The number of nitrogens with zero attached hydrogens (tertiary/aromatic N) is 6. The summed E-state index contributed by atoms with van der Waals surface area (Å²) >= 11 is 0. The van der Waals surface area contributed by atoms with E-state index in [0.717, 1.165) is 6.54 Å². The molecule has 19 nitrogen and oxygen atoms in total. The van der Waals surface area contributed by atoms with Gasteiger partial charge in [0.2, 0.25) is 42.9 Å². The van der Waals surface area contributed by atoms with Gasteiger partial charge in [0.1, 0.15) is 12.6 Å². The van der Waals surface area contributed by atoms with Gasteiger partial charge in [-0.3, -0.25) is 33.6 Å². The van der Waals surface area contributed by atoms with E-state index < -0.39 is 0 Å². The minimum Gasteiger partial charge on any atom is -0.372 e. The molecule has 51 heavy (non-hydrogen) atoms. The van der Waals surface area contributed by atoms with Gasteiger partial charge < -0.3 is 60.7 Å². The van der Waals surface area contributed by atoms with E-state index in [2.05, 4.69) is 42.5 Å². The fraction of sp³-hybridized carbons (Fsp3) is 0.719. The molecule has 7 amide bonds. The number of nitrogens with two attached hydrogens (primary N) is 1. The Kier molecular flexibility index (Phi) is 50.1. The molecule has 0 aliphatic heterocycles. The fourth-order valence-corrected chi connectivity index (χ4v) is 2.63. The third kappa shape index (κ3) is 58.1. The lowest BCUT2D eigenvalue weighted by Crippen LogP contribution is -2.41. The van der Waals surface area contributed by atoms with Crippen molar-refractivity contribution in [2.75, 3.05) is 115 Å². The molecule has 0 radical (unpaired) electrons. The first-order valence-electron chi connectivity index (χ1n) is 16.1. The number of rotatable bonds is 18. The highest BCUT2D eigenvalue weighted by atomic mass is 16.2. The number of carbonyl (C=O) groups excluding carboxylic acids is 9. The van der Waals surface area contributed by atoms with Crippen molar-refractivity contribution in [3.8, 4) is 0 Å². The summed E-state index contributed by atoms with van der Waals surface area (Å²) in [5, 5.41) is 8.48. The second-order valence-corrected chi connectivity index (χ2v) is 11.2. The maximum atomic E-state index is 11.4. The van der Waals surface area contributed by atoms with E-state index in [1.165, 1.54) is 19.6 Å². The Hall–Kier alpha value is -4.49. The van der Waals surface area contributed by atoms with Crippen molar-refractivity contribution >= 4 is 55.4 Å². The maximum absolute atomic E-state index is 11.4. The van der Waals surface area contributed by atoms with E-state index in [1.807, 2.05) is 42.0 Å². The van der Waals surface area contributed by atoms with Gasteiger partial charge in [0.25, 0.3) is 0 Å². The average Bonchev–Trinajstić information content (AvgIpc) is 3.02. The molecule has 0 bridgehead atoms. The van der Waals surface area contributed by atoms with Crippen LogP contribution in [-0.2, 0) is 43.2 Å². The Bertz CT molecular complexity index is 860. The molecule has 0 atom stereocenters. The van der Waals surface area contributed by atoms with Crippen LogP contribution in [0.15, 0.2) is 0 Å². The van der Waals surface area contributed by atoms with Crippen molar-refractivity contribution < 1.29 is 43.2 Å². The van der Waals surface area contributed by atoms with E-state index in [4.69, 9.17) is 4.79 Å². The summed E-state index contributed by atoms with van der Waals surface area (Å²) in [5.41, 5.74) is 4.17. The number of nitrogens with one attached hydrogen (secondary N) is 3. The van der Waals surface area contributed by atoms with Gasteiger partial charge in [0.15, 0.2) is 0 Å². The summed E-state index contributed by atoms with van der Waals surface area (Å²) in [4.78, 5) is 101. The highest BCUT2D eigenvalue weighted by Crippen LogP contribution is 1.88. The second kappa shape index (κ2) is 43.5. The summed E-state index contributed by atoms with van der Waals surface area (Å²) in [6.45, 7) is 13.6. The number of amides is 7. The van der Waals surface area contributed by atoms with Crippen LogP contribution in [0.3, 0.4) is 0 Å². The molecule has 0 aromatic heterocycles. The van der Waals surface area contributed by atoms with Crippen molar-refractivity contribution in [3.63, 3.8) is 0 Å². The molecular formula is C32H68N10O9. The van der Waals surface area contributed by atoms with Gasteiger partial charge in [0.05, 0.1) is 39.3 Å². The average molecular weight is 737 g/mol. The summed E-state index contributed by atoms with van der Waals surface area (Å²) in [5.74, 6) is -0.355. The van der Waals surface area contributed by atoms with Crippen LogP contribution in [0.2, 0.25) is 0 Å². The smallest absolute Gasteiger partial charge is 0.239 e. The van der Waals surface area contributed by atoms with E-state index in [0.29, 0.717) is 57.6 Å². The number of aldehydes is 2. The maximum Gasteiger partial charge on any atom is 0.239 e. The summed E-state index contributed by atoms with van der Waals surface area (Å²) in [6, 6.07) is 0.648. The third-order valence-corrected chi connectivity index (χ3v) is 4.96. The van der Waals surface area contributed by atoms with Gasteiger partial charge in [-0.25, -0.2) is 0 Å². The largest absolute Gasteiger partial charge is 0.372 e. The summed E-state index contributed by atoms with van der Waals surface area (Å²) in [6.07, 6.45) is 2.81. The van der Waals surface area contributed by atoms with E-state index in [1.54, 1.807) is 38.0 Å². The molecule has 19 heteroatoms. The number of carbonyl (C=O) groups is 9. The predicted octanol–water partition coefficient (Wildman–Crippen LogP) is -3.06. The molecule has 0 aliphatic rings. The van der Waals surface area contributed by atoms with Gasteiger partial charge >= 0.3 is 0 Å². The highest BCUT2D eigenvalue weighted by molar-refractivity contribution is 5.86. The molecule has 0 aromatic rings. The molecule has 0 saturated carbocycles. The molecule has 0 aromatic carbocycles. The first-order valence-corrected chi connectivity index (χ1v) is 16.1. The Labute approximate surface area is 305 Å². The topological polar surface area (TPSA) is 235 Å². The Morgan fingerprint density at radius 3 is 1.00 bits per heavy atom. The molecular weight excluding hydrogens is 668 g/mol. The van der Waals surface area contributed by atoms with Crippen molar-refractivity contribution in [2.45, 2.75) is 40.7 Å². The number of hydrogen-bond acceptors (Lipinski definition) is 12. The Balaban J connectivity index is -0.000000127. The van der Waals surface area contributed by atoms with E-state index in [9.17, 15) is 38.4 Å². The van der Waals surface area contributed by atoms with Crippen molar-refractivity contribution in [1.82, 2.24) is 45.3 Å². The van der Waals surface area contributed by atoms with Crippen molar-refractivity contribution in [1.29, 1.82) is 0 Å². The zero-order valence-corrected chi connectivity index (χ0v) is 33.3. The van der Waals surface area contributed by atoms with E-state index >= 15 is 0 Å². The van der Waals surface area contributed by atoms with Crippen molar-refractivity contribution in [3.05, 3.63) is 0 Å². The summed E-state index contributed by atoms with van der Waals surface area (Å²) in [7, 11) is 13.6. The molecule has 0 saturated heterocycles. The normalized spacial score (nSPS) is 9.02. The van der Waals surface area contributed by atoms with Gasteiger partial charge in [-0.1, -0.05) is 20.8 Å². The van der Waals surface area contributed by atoms with Gasteiger partial charge in [-0.15, -0.1) is 0 Å². The Morgan fingerprint density at radius 1 is 0.569 bits per heavy atom. The minimum atomic E-state index is -0.123. The van der Waals surface area contributed by atoms with Crippen LogP contribution in [0.5, 0.6) is 0 Å². The lowest BCUT2D eigenvalue weighted by molar-refractivity contribution is -0.135. The molecule has 0 spiro atoms. The molecule has 300 valence electrons. The quantitative estimate of drug-likeness (QED) is 0.103. The first kappa shape index (κ1) is 58.7. The lowest BCUT2D eigenvalue weighted by atomic mass is 10.4. The van der Waals surface area contributed by atoms with Gasteiger partial charge in [-0.2, -0.15) is 0 Å². The van der Waals surface area contributed by atoms with Crippen LogP contribution in [0, 0.1) is 0 Å². The Morgan fingerprint density at radius 2 is 0.863 bits per heavy atom. The molecule has 0 unspecified atom stereocenters. The van der Waals surface area contributed by atoms with Crippen LogP contribution < -0.4 is 21.7 Å². The first-order chi connectivity index (χ1) is 23.7. The minimum absolute atomic E-state index is 0.0544. The van der Waals surface area contributed by atoms with Crippen LogP contribution in [0.4, 0.5) is 0 Å². The fourth-order valence-electron chi connectivity index (χ4n) is 2.63. The van der Waals surface area contributed by atoms with Crippen LogP contribution >= 0.6 is 0 Å². The van der Waals surface area contributed by atoms with Crippen molar-refractivity contribution in [2.24, 2.45) is 5.73 Å². The van der Waals surface area contributed by atoms with Crippen LogP contribution in [0.1, 0.15) is 34.6 Å². The predicted molar refractivity (Wildman–Crippen MR) is 198 cm³/mol. The highest BCUT2D eigenvalue weighted by Gasteiger charge is 2.13. The SMILES string of the molecule is CCNC(=O)CN(C)C(=O)CN(C)C.CCNC(=O)CN(C)C(=O)CN(C)C.CCNC(C)C.CN(C=O)CC=O.CN(C=O)CC=O.NC=O. The number of likely N-dealkylation sites (N-methyl/N-ethyl adjacent to an activating group) is 8. The third-order valence-electron chi connectivity index (χ3n) is 4.96. The van der Waals surface area contributed by atoms with Gasteiger partial charge in [0, 0.05) is 47.3 Å². The molecule has 0 fully saturated rings. The lowest BCUT2D eigenvalue weighted by Gasteiger charge is -2.18. The summed E-state index contributed by atoms with van der Waals surface area (Å²) < 4.78 is 0. The van der Waals surface area contributed by atoms with Crippen LogP contribution in [0.25, 0.3) is 0 Å².